The predicted octanol–water partition coefficient (Wildman–Crippen LogP) is 6.04. The SMILES string of the molecule is COC(OC)c1cc(OCc2ccccc2)c2c(c1Cl)CC1CC3[C@H](N(C)C)c4onc(OCc5ccccc5)c4C(=O)[C@@]3(O)C(=O)C1=C2O. The zero-order chi connectivity index (χ0) is 35.3. The van der Waals surface area contributed by atoms with Gasteiger partial charge in [-0.3, -0.25) is 14.5 Å². The van der Waals surface area contributed by atoms with Crippen LogP contribution in [-0.2, 0) is 33.9 Å². The number of Topliss-reactive ketones (excluding diaryl/α,β-unsaturated/α-hetero) is 2. The number of aliphatic hydroxyl groups excluding tert-OH is 1. The number of aliphatic hydroxyl groups is 2. The Bertz CT molecular complexity index is 1970. The molecule has 3 aliphatic rings. The Kier molecular flexibility index (Phi) is 9.04. The summed E-state index contributed by atoms with van der Waals surface area (Å²) < 4.78 is 29.0. The van der Waals surface area contributed by atoms with Crippen molar-refractivity contribution in [2.45, 2.75) is 44.0 Å². The van der Waals surface area contributed by atoms with Crippen LogP contribution in [0.5, 0.6) is 11.6 Å². The van der Waals surface area contributed by atoms with E-state index < -0.39 is 47.1 Å². The minimum absolute atomic E-state index is 0.0582. The fourth-order valence-electron chi connectivity index (χ4n) is 7.67. The van der Waals surface area contributed by atoms with E-state index in [4.69, 9.17) is 35.1 Å². The normalized spacial score (nSPS) is 22.7. The second-order valence-corrected chi connectivity index (χ2v) is 13.4. The van der Waals surface area contributed by atoms with Crippen LogP contribution in [0.4, 0.5) is 0 Å². The second kappa shape index (κ2) is 13.3. The van der Waals surface area contributed by atoms with E-state index in [-0.39, 0.29) is 60.1 Å². The second-order valence-electron chi connectivity index (χ2n) is 13.0. The van der Waals surface area contributed by atoms with Crippen LogP contribution in [0.3, 0.4) is 0 Å². The Morgan fingerprint density at radius 3 is 2.18 bits per heavy atom. The third-order valence-electron chi connectivity index (χ3n) is 9.97. The van der Waals surface area contributed by atoms with E-state index >= 15 is 0 Å². The molecule has 260 valence electrons. The fourth-order valence-corrected chi connectivity index (χ4v) is 7.99. The molecule has 4 atom stereocenters. The number of aromatic nitrogens is 1. The van der Waals surface area contributed by atoms with E-state index in [1.54, 1.807) is 25.1 Å². The zero-order valence-electron chi connectivity index (χ0n) is 28.0. The average Bonchev–Trinajstić information content (AvgIpc) is 3.54. The number of hydrogen-bond acceptors (Lipinski definition) is 11. The molecule has 1 aromatic heterocycles. The number of carbonyl (C=O) groups excluding carboxylic acids is 2. The van der Waals surface area contributed by atoms with Crippen LogP contribution in [0.1, 0.15) is 62.7 Å². The van der Waals surface area contributed by atoms with Gasteiger partial charge in [0.15, 0.2) is 17.7 Å². The van der Waals surface area contributed by atoms with Crippen LogP contribution in [-0.4, -0.2) is 65.8 Å². The van der Waals surface area contributed by atoms with Gasteiger partial charge in [0.25, 0.3) is 5.88 Å². The van der Waals surface area contributed by atoms with Gasteiger partial charge in [-0.05, 0) is 60.8 Å². The van der Waals surface area contributed by atoms with E-state index in [1.807, 2.05) is 60.7 Å². The van der Waals surface area contributed by atoms with Gasteiger partial charge >= 0.3 is 0 Å². The minimum atomic E-state index is -2.54. The maximum absolute atomic E-state index is 14.7. The quantitative estimate of drug-likeness (QED) is 0.148. The molecule has 1 saturated carbocycles. The van der Waals surface area contributed by atoms with Crippen LogP contribution >= 0.6 is 11.6 Å². The molecule has 0 aliphatic heterocycles. The Balaban J connectivity index is 1.33. The highest BCUT2D eigenvalue weighted by Gasteiger charge is 2.65. The summed E-state index contributed by atoms with van der Waals surface area (Å²) in [5.41, 5.74) is 0.252. The minimum Gasteiger partial charge on any atom is -0.507 e. The lowest BCUT2D eigenvalue weighted by molar-refractivity contribution is -0.142. The number of hydrogen-bond donors (Lipinski definition) is 2. The van der Waals surface area contributed by atoms with Gasteiger partial charge in [0, 0.05) is 31.3 Å². The average molecular weight is 701 g/mol. The van der Waals surface area contributed by atoms with Gasteiger partial charge in [0.05, 0.1) is 16.6 Å². The van der Waals surface area contributed by atoms with Crippen molar-refractivity contribution in [3.8, 4) is 11.6 Å². The van der Waals surface area contributed by atoms with E-state index in [1.165, 1.54) is 14.2 Å². The summed E-state index contributed by atoms with van der Waals surface area (Å²) in [6, 6.07) is 19.7. The van der Waals surface area contributed by atoms with Gasteiger partial charge in [-0.1, -0.05) is 72.3 Å². The lowest BCUT2D eigenvalue weighted by Gasteiger charge is -2.49. The number of ether oxygens (including phenoxy) is 4. The van der Waals surface area contributed by atoms with Gasteiger partial charge < -0.3 is 33.7 Å². The summed E-state index contributed by atoms with van der Waals surface area (Å²) >= 11 is 7.03. The van der Waals surface area contributed by atoms with Crippen molar-refractivity contribution in [2.24, 2.45) is 11.8 Å². The molecule has 0 spiro atoms. The summed E-state index contributed by atoms with van der Waals surface area (Å²) in [7, 11) is 6.52. The lowest BCUT2D eigenvalue weighted by atomic mass is 9.57. The standard InChI is InChI=1S/C38H37ClN2O9/c1-41(2)31-25-16-22-15-23-28(26(48-18-20-11-7-5-8-12-20)17-24(30(23)39)37(46-3)47-4)32(42)27(22)34(43)38(25,45)35(44)29-33(31)50-40-36(29)49-19-21-13-9-6-10-14-21/h5-14,17,22,25,31,37,42,45H,15-16,18-19H2,1-4H3/t22?,25?,31-,38-/m0/s1. The van der Waals surface area contributed by atoms with E-state index in [0.717, 1.165) is 11.1 Å². The Morgan fingerprint density at radius 2 is 1.58 bits per heavy atom. The smallest absolute Gasteiger partial charge is 0.265 e. The summed E-state index contributed by atoms with van der Waals surface area (Å²) in [6.07, 6.45) is -0.478. The molecule has 11 nitrogen and oxygen atoms in total. The predicted molar refractivity (Wildman–Crippen MR) is 182 cm³/mol. The van der Waals surface area contributed by atoms with Gasteiger partial charge in [-0.15, -0.1) is 0 Å². The van der Waals surface area contributed by atoms with Crippen LogP contribution in [0.2, 0.25) is 5.02 Å². The molecule has 3 aromatic carbocycles. The molecule has 0 radical (unpaired) electrons. The van der Waals surface area contributed by atoms with Crippen LogP contribution in [0.25, 0.3) is 5.76 Å². The molecule has 1 fully saturated rings. The first-order valence-corrected chi connectivity index (χ1v) is 16.6. The number of benzene rings is 3. The third kappa shape index (κ3) is 5.41. The molecule has 0 saturated heterocycles. The number of carbonyl (C=O) groups is 2. The fraction of sp³-hybridized carbons (Fsp3) is 0.342. The molecule has 7 rings (SSSR count). The maximum atomic E-state index is 14.7. The molecule has 50 heavy (non-hydrogen) atoms. The number of rotatable bonds is 10. The van der Waals surface area contributed by atoms with E-state index in [2.05, 4.69) is 5.16 Å². The molecule has 4 aromatic rings. The molecule has 2 unspecified atom stereocenters. The first kappa shape index (κ1) is 34.0. The highest BCUT2D eigenvalue weighted by molar-refractivity contribution is 6.33. The van der Waals surface area contributed by atoms with Crippen molar-refractivity contribution >= 4 is 28.9 Å². The van der Waals surface area contributed by atoms with Crippen molar-refractivity contribution in [1.82, 2.24) is 10.1 Å². The molecular weight excluding hydrogens is 664 g/mol. The van der Waals surface area contributed by atoms with Crippen molar-refractivity contribution in [3.05, 3.63) is 116 Å². The molecule has 1 heterocycles. The number of halogens is 1. The highest BCUT2D eigenvalue weighted by Crippen LogP contribution is 2.57. The van der Waals surface area contributed by atoms with Crippen molar-refractivity contribution < 1.29 is 43.3 Å². The van der Waals surface area contributed by atoms with E-state index in [9.17, 15) is 19.8 Å². The molecule has 0 bridgehead atoms. The van der Waals surface area contributed by atoms with Crippen LogP contribution in [0.15, 0.2) is 76.8 Å². The van der Waals surface area contributed by atoms with Crippen molar-refractivity contribution in [1.29, 1.82) is 0 Å². The van der Waals surface area contributed by atoms with E-state index in [0.29, 0.717) is 16.1 Å². The lowest BCUT2D eigenvalue weighted by Crippen LogP contribution is -2.63. The maximum Gasteiger partial charge on any atom is 0.265 e. The third-order valence-corrected chi connectivity index (χ3v) is 10.4. The molecular formula is C38H37ClN2O9. The number of ketones is 2. The van der Waals surface area contributed by atoms with Crippen molar-refractivity contribution in [3.63, 3.8) is 0 Å². The molecule has 2 N–H and O–H groups in total. The topological polar surface area (TPSA) is 141 Å². The van der Waals surface area contributed by atoms with Crippen molar-refractivity contribution in [2.75, 3.05) is 28.3 Å². The Hall–Kier alpha value is -4.52. The highest BCUT2D eigenvalue weighted by atomic mass is 35.5. The summed E-state index contributed by atoms with van der Waals surface area (Å²) in [5, 5.41) is 28.8. The number of methoxy groups -OCH3 is 2. The zero-order valence-corrected chi connectivity index (χ0v) is 28.8. The molecule has 12 heteroatoms. The molecule has 0 amide bonds. The summed E-state index contributed by atoms with van der Waals surface area (Å²) in [6.45, 7) is 0.234. The summed E-state index contributed by atoms with van der Waals surface area (Å²) in [5.74, 6) is -3.38. The summed E-state index contributed by atoms with van der Waals surface area (Å²) in [4.78, 5) is 30.8. The van der Waals surface area contributed by atoms with Gasteiger partial charge in [0.2, 0.25) is 11.6 Å². The van der Waals surface area contributed by atoms with Gasteiger partial charge in [0.1, 0.15) is 30.3 Å². The first-order chi connectivity index (χ1) is 24.1. The van der Waals surface area contributed by atoms with Gasteiger partial charge in [-0.25, -0.2) is 0 Å². The largest absolute Gasteiger partial charge is 0.507 e. The Morgan fingerprint density at radius 1 is 0.960 bits per heavy atom. The first-order valence-electron chi connectivity index (χ1n) is 16.3. The van der Waals surface area contributed by atoms with Crippen LogP contribution in [0, 0.1) is 11.8 Å². The number of nitrogens with zero attached hydrogens (tertiary/aromatic N) is 2. The monoisotopic (exact) mass is 700 g/mol. The number of fused-ring (bicyclic) bond motifs is 4. The Labute approximate surface area is 293 Å². The van der Waals surface area contributed by atoms with Crippen LogP contribution < -0.4 is 9.47 Å². The molecule has 3 aliphatic carbocycles. The van der Waals surface area contributed by atoms with Gasteiger partial charge in [-0.2, -0.15) is 0 Å².